The van der Waals surface area contributed by atoms with Gasteiger partial charge in [-0.15, -0.1) is 11.3 Å². The first-order valence-electron chi connectivity index (χ1n) is 15.2. The summed E-state index contributed by atoms with van der Waals surface area (Å²) in [7, 11) is 1.65. The average molecular weight is 604 g/mol. The molecule has 2 fully saturated rings. The number of benzene rings is 2. The summed E-state index contributed by atoms with van der Waals surface area (Å²) >= 11 is 1.37. The molecule has 2 saturated heterocycles. The van der Waals surface area contributed by atoms with Gasteiger partial charge in [0.1, 0.15) is 5.75 Å². The third-order valence-electron chi connectivity index (χ3n) is 8.36. The Morgan fingerprint density at radius 2 is 1.67 bits per heavy atom. The number of aryl methyl sites for hydroxylation is 1. The van der Waals surface area contributed by atoms with Crippen LogP contribution in [0.4, 0.5) is 5.13 Å². The molecule has 1 atom stereocenters. The highest BCUT2D eigenvalue weighted by molar-refractivity contribution is 7.14. The third kappa shape index (κ3) is 7.61. The van der Waals surface area contributed by atoms with E-state index in [2.05, 4.69) is 34.7 Å². The second kappa shape index (κ2) is 14.1. The van der Waals surface area contributed by atoms with Crippen molar-refractivity contribution in [2.45, 2.75) is 64.5 Å². The number of piperidine rings is 1. The summed E-state index contributed by atoms with van der Waals surface area (Å²) in [5.41, 5.74) is 3.94. The molecule has 5 rings (SSSR count). The molecule has 10 heteroatoms. The number of nitrogens with zero attached hydrogens (tertiary/aromatic N) is 3. The van der Waals surface area contributed by atoms with Crippen LogP contribution in [0.1, 0.15) is 72.2 Å². The molecule has 0 bridgehead atoms. The molecule has 2 aliphatic heterocycles. The first-order valence-corrected chi connectivity index (χ1v) is 16.1. The van der Waals surface area contributed by atoms with Gasteiger partial charge in [-0.1, -0.05) is 19.4 Å². The van der Waals surface area contributed by atoms with Crippen molar-refractivity contribution in [1.82, 2.24) is 20.1 Å². The Bertz CT molecular complexity index is 1430. The molecule has 228 valence electrons. The lowest BCUT2D eigenvalue weighted by Gasteiger charge is -2.34. The Morgan fingerprint density at radius 3 is 2.35 bits per heavy atom. The van der Waals surface area contributed by atoms with Crippen LogP contribution < -0.4 is 15.4 Å². The number of thiazole rings is 1. The van der Waals surface area contributed by atoms with Crippen LogP contribution in [0.5, 0.6) is 5.75 Å². The van der Waals surface area contributed by atoms with Crippen LogP contribution in [0.2, 0.25) is 0 Å². The molecule has 1 unspecified atom stereocenters. The first kappa shape index (κ1) is 30.7. The molecule has 3 heterocycles. The van der Waals surface area contributed by atoms with E-state index in [4.69, 9.17) is 4.74 Å². The zero-order chi connectivity index (χ0) is 30.3. The molecule has 0 aliphatic carbocycles. The number of ether oxygens (including phenoxy) is 1. The fourth-order valence-electron chi connectivity index (χ4n) is 5.83. The van der Waals surface area contributed by atoms with Crippen LogP contribution >= 0.6 is 11.3 Å². The Hall–Kier alpha value is -3.76. The molecule has 0 radical (unpaired) electrons. The van der Waals surface area contributed by atoms with Crippen LogP contribution in [-0.2, 0) is 11.2 Å². The van der Waals surface area contributed by atoms with E-state index in [9.17, 15) is 14.4 Å². The molecule has 0 spiro atoms. The Labute approximate surface area is 257 Å². The number of amides is 3. The lowest BCUT2D eigenvalue weighted by Crippen LogP contribution is -2.48. The number of unbranched alkanes of at least 4 members (excludes halogenated alkanes) is 1. The minimum absolute atomic E-state index is 0.0197. The van der Waals surface area contributed by atoms with Gasteiger partial charge in [0.15, 0.2) is 5.13 Å². The molecule has 3 amide bonds. The minimum Gasteiger partial charge on any atom is -0.496 e. The molecule has 2 aliphatic rings. The quantitative estimate of drug-likeness (QED) is 0.329. The number of aromatic nitrogens is 1. The number of carbonyl (C=O) groups excluding carboxylic acids is 3. The number of likely N-dealkylation sites (tertiary alicyclic amines) is 2. The molecule has 0 saturated carbocycles. The van der Waals surface area contributed by atoms with Crippen molar-refractivity contribution in [2.24, 2.45) is 0 Å². The molecule has 2 aromatic carbocycles. The summed E-state index contributed by atoms with van der Waals surface area (Å²) in [5.74, 6) is 0.587. The minimum atomic E-state index is -0.272. The van der Waals surface area contributed by atoms with E-state index < -0.39 is 0 Å². The van der Waals surface area contributed by atoms with Gasteiger partial charge in [0.05, 0.1) is 12.8 Å². The maximum Gasteiger partial charge on any atom is 0.257 e. The predicted molar refractivity (Wildman–Crippen MR) is 170 cm³/mol. The number of methoxy groups -OCH3 is 1. The van der Waals surface area contributed by atoms with E-state index in [1.165, 1.54) is 16.9 Å². The number of nitrogens with one attached hydrogen (secondary N) is 2. The van der Waals surface area contributed by atoms with Crippen LogP contribution in [0.3, 0.4) is 0 Å². The van der Waals surface area contributed by atoms with E-state index in [1.54, 1.807) is 38.3 Å². The van der Waals surface area contributed by atoms with E-state index in [-0.39, 0.29) is 17.7 Å². The molecule has 1 aromatic heterocycles. The Kier molecular flexibility index (Phi) is 10.1. The van der Waals surface area contributed by atoms with Crippen molar-refractivity contribution in [3.63, 3.8) is 0 Å². The van der Waals surface area contributed by atoms with Crippen LogP contribution in [0, 0.1) is 0 Å². The van der Waals surface area contributed by atoms with E-state index in [0.29, 0.717) is 41.4 Å². The molecule has 43 heavy (non-hydrogen) atoms. The number of anilines is 1. The number of hydrogen-bond donors (Lipinski definition) is 2. The molecule has 3 aromatic rings. The zero-order valence-corrected chi connectivity index (χ0v) is 26.0. The molecule has 9 nitrogen and oxygen atoms in total. The summed E-state index contributed by atoms with van der Waals surface area (Å²) in [5, 5.41) is 9.00. The summed E-state index contributed by atoms with van der Waals surface area (Å²) in [4.78, 5) is 46.2. The zero-order valence-electron chi connectivity index (χ0n) is 25.2. The highest BCUT2D eigenvalue weighted by atomic mass is 32.1. The standard InChI is InChI=1S/C33H41N5O4S/c1-4-5-6-23-7-12-30(42-3)28(19-23)29-21-43-33(35-29)36-31(40)24-8-10-25(11-9-24)32(41)37-16-13-26(14-17-37)34-27-15-18-38(20-27)22(2)39/h7-12,19,21,26-27,34H,4-6,13-18,20H2,1-3H3,(H,35,36,40). The topological polar surface area (TPSA) is 104 Å². The molecular formula is C33H41N5O4S. The van der Waals surface area contributed by atoms with Crippen molar-refractivity contribution >= 4 is 34.2 Å². The Balaban J connectivity index is 1.14. The van der Waals surface area contributed by atoms with Crippen molar-refractivity contribution in [3.8, 4) is 17.0 Å². The van der Waals surface area contributed by atoms with Crippen molar-refractivity contribution in [2.75, 3.05) is 38.6 Å². The molecule has 2 N–H and O–H groups in total. The van der Waals surface area contributed by atoms with Gasteiger partial charge in [-0.25, -0.2) is 4.98 Å². The SMILES string of the molecule is CCCCc1ccc(OC)c(-c2csc(NC(=O)c3ccc(C(=O)N4CCC(NC5CCN(C(C)=O)C5)CC4)cc3)n2)c1. The van der Waals surface area contributed by atoms with E-state index >= 15 is 0 Å². The highest BCUT2D eigenvalue weighted by Crippen LogP contribution is 2.33. The van der Waals surface area contributed by atoms with Gasteiger partial charge in [-0.3, -0.25) is 19.7 Å². The van der Waals surface area contributed by atoms with Gasteiger partial charge in [0, 0.05) is 67.3 Å². The molecular weight excluding hydrogens is 562 g/mol. The smallest absolute Gasteiger partial charge is 0.257 e. The number of rotatable bonds is 10. The van der Waals surface area contributed by atoms with Crippen LogP contribution in [0.15, 0.2) is 47.8 Å². The number of hydrogen-bond acceptors (Lipinski definition) is 7. The van der Waals surface area contributed by atoms with Gasteiger partial charge < -0.3 is 19.9 Å². The van der Waals surface area contributed by atoms with Crippen molar-refractivity contribution < 1.29 is 19.1 Å². The summed E-state index contributed by atoms with van der Waals surface area (Å²) in [6.07, 6.45) is 5.99. The van der Waals surface area contributed by atoms with Crippen molar-refractivity contribution in [1.29, 1.82) is 0 Å². The normalized spacial score (nSPS) is 17.2. The fourth-order valence-corrected chi connectivity index (χ4v) is 6.53. The predicted octanol–water partition coefficient (Wildman–Crippen LogP) is 5.23. The highest BCUT2D eigenvalue weighted by Gasteiger charge is 2.29. The summed E-state index contributed by atoms with van der Waals surface area (Å²) < 4.78 is 5.57. The van der Waals surface area contributed by atoms with E-state index in [0.717, 1.165) is 68.6 Å². The second-order valence-corrected chi connectivity index (χ2v) is 12.2. The fraction of sp³-hybridized carbons (Fsp3) is 0.455. The maximum atomic E-state index is 13.2. The van der Waals surface area contributed by atoms with Gasteiger partial charge in [0.25, 0.3) is 11.8 Å². The largest absolute Gasteiger partial charge is 0.496 e. The summed E-state index contributed by atoms with van der Waals surface area (Å²) in [6.45, 7) is 6.73. The number of carbonyl (C=O) groups is 3. The van der Waals surface area contributed by atoms with Gasteiger partial charge >= 0.3 is 0 Å². The average Bonchev–Trinajstić information content (AvgIpc) is 3.70. The van der Waals surface area contributed by atoms with E-state index in [1.807, 2.05) is 21.2 Å². The maximum absolute atomic E-state index is 13.2. The van der Waals surface area contributed by atoms with Crippen molar-refractivity contribution in [3.05, 3.63) is 64.5 Å². The lowest BCUT2D eigenvalue weighted by atomic mass is 10.0. The van der Waals surface area contributed by atoms with Gasteiger partial charge in [-0.2, -0.15) is 0 Å². The first-order chi connectivity index (χ1) is 20.8. The Morgan fingerprint density at radius 1 is 0.977 bits per heavy atom. The van der Waals surface area contributed by atoms with Crippen LogP contribution in [0.25, 0.3) is 11.3 Å². The van der Waals surface area contributed by atoms with Gasteiger partial charge in [-0.05, 0) is 74.1 Å². The third-order valence-corrected chi connectivity index (χ3v) is 9.12. The monoisotopic (exact) mass is 603 g/mol. The second-order valence-electron chi connectivity index (χ2n) is 11.4. The van der Waals surface area contributed by atoms with Crippen LogP contribution in [-0.4, -0.2) is 77.9 Å². The van der Waals surface area contributed by atoms with Gasteiger partial charge in [0.2, 0.25) is 5.91 Å². The lowest BCUT2D eigenvalue weighted by molar-refractivity contribution is -0.127. The summed E-state index contributed by atoms with van der Waals surface area (Å²) in [6, 6.07) is 13.7.